The van der Waals surface area contributed by atoms with Crippen LogP contribution < -0.4 is 0 Å². The van der Waals surface area contributed by atoms with Gasteiger partial charge in [-0.2, -0.15) is 0 Å². The van der Waals surface area contributed by atoms with Gasteiger partial charge < -0.3 is 5.11 Å². The number of hydrogen-bond donors (Lipinski definition) is 1. The number of benzene rings is 1. The third kappa shape index (κ3) is 5.92. The van der Waals surface area contributed by atoms with Crippen LogP contribution in [0.2, 0.25) is 0 Å². The molecule has 0 spiro atoms. The van der Waals surface area contributed by atoms with Gasteiger partial charge in [0.1, 0.15) is 0 Å². The van der Waals surface area contributed by atoms with E-state index >= 15 is 0 Å². The Bertz CT molecular complexity index is 201. The van der Waals surface area contributed by atoms with Crippen LogP contribution in [-0.2, 0) is 0 Å². The zero-order chi connectivity index (χ0) is 10.1. The highest BCUT2D eigenvalue weighted by Gasteiger charge is 2.00. The summed E-state index contributed by atoms with van der Waals surface area (Å²) in [6.45, 7) is 1.97. The Labute approximate surface area is 89.3 Å². The van der Waals surface area contributed by atoms with Gasteiger partial charge in [-0.25, -0.2) is 0 Å². The van der Waals surface area contributed by atoms with Crippen LogP contribution in [0.4, 0.5) is 0 Å². The van der Waals surface area contributed by atoms with E-state index in [9.17, 15) is 5.11 Å². The predicted octanol–water partition coefficient (Wildman–Crippen LogP) is 3.55. The van der Waals surface area contributed by atoms with Crippen LogP contribution in [0.15, 0.2) is 30.3 Å². The molecule has 1 aromatic rings. The van der Waals surface area contributed by atoms with E-state index in [-0.39, 0.29) is 11.4 Å². The predicted molar refractivity (Wildman–Crippen MR) is 58.3 cm³/mol. The zero-order valence-electron chi connectivity index (χ0n) is 7.58. The Hall–Kier alpha value is -0.240. The number of aliphatic hydroxyl groups excluding tert-OH is 1. The van der Waals surface area contributed by atoms with Crippen molar-refractivity contribution in [3.63, 3.8) is 0 Å². The first-order valence-corrected chi connectivity index (χ1v) is 5.18. The first kappa shape index (κ1) is 12.8. The fourth-order valence-corrected chi connectivity index (χ4v) is 0.911. The lowest BCUT2D eigenvalue weighted by molar-refractivity contribution is 0.173. The van der Waals surface area contributed by atoms with E-state index in [1.807, 2.05) is 37.3 Å². The summed E-state index contributed by atoms with van der Waals surface area (Å²) in [5.41, 5.74) is 1.00. The van der Waals surface area contributed by atoms with E-state index in [4.69, 9.17) is 23.2 Å². The Kier molecular flexibility index (Phi) is 8.21. The van der Waals surface area contributed by atoms with Gasteiger partial charge in [0.2, 0.25) is 0 Å². The van der Waals surface area contributed by atoms with Gasteiger partial charge in [-0.1, -0.05) is 37.3 Å². The van der Waals surface area contributed by atoms with E-state index in [0.29, 0.717) is 0 Å². The second-order valence-electron chi connectivity index (χ2n) is 2.44. The van der Waals surface area contributed by atoms with Gasteiger partial charge in [-0.05, 0) is 12.0 Å². The Morgan fingerprint density at radius 1 is 1.23 bits per heavy atom. The molecule has 0 aliphatic heterocycles. The van der Waals surface area contributed by atoms with Gasteiger partial charge in [0.25, 0.3) is 0 Å². The standard InChI is InChI=1S/C9H12O.CH2Cl2/c1-2-9(10)8-6-4-3-5-7-8;2-1-3/h3-7,9-10H,2H2,1H3;1H2. The minimum Gasteiger partial charge on any atom is -0.388 e. The monoisotopic (exact) mass is 220 g/mol. The highest BCUT2D eigenvalue weighted by Crippen LogP contribution is 2.14. The molecule has 13 heavy (non-hydrogen) atoms. The topological polar surface area (TPSA) is 20.2 Å². The molecule has 0 bridgehead atoms. The maximum Gasteiger partial charge on any atom is 0.0967 e. The summed E-state index contributed by atoms with van der Waals surface area (Å²) in [5, 5.41) is 9.52. The first-order chi connectivity index (χ1) is 6.26. The maximum absolute atomic E-state index is 9.33. The molecule has 0 saturated carbocycles. The first-order valence-electron chi connectivity index (χ1n) is 4.11. The quantitative estimate of drug-likeness (QED) is 0.757. The van der Waals surface area contributed by atoms with Crippen molar-refractivity contribution in [2.75, 3.05) is 5.34 Å². The molecule has 0 amide bonds. The van der Waals surface area contributed by atoms with Gasteiger partial charge >= 0.3 is 0 Å². The molecule has 0 radical (unpaired) electrons. The smallest absolute Gasteiger partial charge is 0.0967 e. The minimum atomic E-state index is -0.291. The van der Waals surface area contributed by atoms with Crippen LogP contribution >= 0.6 is 23.2 Å². The second-order valence-corrected chi connectivity index (χ2v) is 3.24. The number of hydrogen-bond acceptors (Lipinski definition) is 1. The van der Waals surface area contributed by atoms with Crippen molar-refractivity contribution in [3.05, 3.63) is 35.9 Å². The normalized spacial score (nSPS) is 11.4. The molecule has 0 saturated heterocycles. The van der Waals surface area contributed by atoms with E-state index in [1.165, 1.54) is 0 Å². The van der Waals surface area contributed by atoms with Gasteiger partial charge in [-0.3, -0.25) is 0 Å². The van der Waals surface area contributed by atoms with Crippen LogP contribution in [-0.4, -0.2) is 10.4 Å². The molecule has 1 unspecified atom stereocenters. The summed E-state index contributed by atoms with van der Waals surface area (Å²) < 4.78 is 0. The second kappa shape index (κ2) is 8.36. The molecule has 1 aromatic carbocycles. The molecule has 3 heteroatoms. The zero-order valence-corrected chi connectivity index (χ0v) is 9.09. The number of rotatable bonds is 2. The SMILES string of the molecule is CCC(O)c1ccccc1.ClCCl. The summed E-state index contributed by atoms with van der Waals surface area (Å²) in [4.78, 5) is 0. The van der Waals surface area contributed by atoms with E-state index in [1.54, 1.807) is 0 Å². The summed E-state index contributed by atoms with van der Waals surface area (Å²) >= 11 is 9.53. The van der Waals surface area contributed by atoms with Gasteiger partial charge in [0.05, 0.1) is 11.4 Å². The highest BCUT2D eigenvalue weighted by molar-refractivity contribution is 6.40. The molecule has 0 fully saturated rings. The van der Waals surface area contributed by atoms with Crippen LogP contribution in [0.25, 0.3) is 0 Å². The lowest BCUT2D eigenvalue weighted by atomic mass is 10.1. The van der Waals surface area contributed by atoms with Crippen molar-refractivity contribution >= 4 is 23.2 Å². The summed E-state index contributed by atoms with van der Waals surface area (Å²) in [7, 11) is 0. The van der Waals surface area contributed by atoms with Crippen molar-refractivity contribution < 1.29 is 5.11 Å². The highest BCUT2D eigenvalue weighted by atomic mass is 35.5. The minimum absolute atomic E-state index is 0.194. The summed E-state index contributed by atoms with van der Waals surface area (Å²) in [5.74, 6) is 0. The maximum atomic E-state index is 9.33. The molecule has 74 valence electrons. The molecule has 1 nitrogen and oxygen atoms in total. The fourth-order valence-electron chi connectivity index (χ4n) is 0.911. The fraction of sp³-hybridized carbons (Fsp3) is 0.400. The largest absolute Gasteiger partial charge is 0.388 e. The number of aliphatic hydroxyl groups is 1. The molecule has 1 rings (SSSR count). The molecule has 0 aliphatic carbocycles. The third-order valence-electron chi connectivity index (χ3n) is 1.57. The molecule has 0 aliphatic rings. The average Bonchev–Trinajstić information content (AvgIpc) is 2.19. The molecule has 1 atom stereocenters. The van der Waals surface area contributed by atoms with Crippen LogP contribution in [0.5, 0.6) is 0 Å². The van der Waals surface area contributed by atoms with Crippen LogP contribution in [0, 0.1) is 0 Å². The van der Waals surface area contributed by atoms with Crippen LogP contribution in [0.1, 0.15) is 25.0 Å². The van der Waals surface area contributed by atoms with Crippen molar-refractivity contribution in [2.45, 2.75) is 19.4 Å². The molecule has 0 heterocycles. The van der Waals surface area contributed by atoms with Crippen molar-refractivity contribution in [1.29, 1.82) is 0 Å². The summed E-state index contributed by atoms with van der Waals surface area (Å²) in [6, 6.07) is 9.70. The third-order valence-corrected chi connectivity index (χ3v) is 1.57. The van der Waals surface area contributed by atoms with Crippen molar-refractivity contribution in [1.82, 2.24) is 0 Å². The van der Waals surface area contributed by atoms with E-state index in [2.05, 4.69) is 0 Å². The number of alkyl halides is 2. The van der Waals surface area contributed by atoms with Gasteiger partial charge in [0, 0.05) is 0 Å². The van der Waals surface area contributed by atoms with E-state index in [0.717, 1.165) is 12.0 Å². The van der Waals surface area contributed by atoms with Crippen molar-refractivity contribution in [3.8, 4) is 0 Å². The molecular weight excluding hydrogens is 207 g/mol. The lowest BCUT2D eigenvalue weighted by Gasteiger charge is -2.05. The molecule has 1 N–H and O–H groups in total. The Morgan fingerprint density at radius 2 is 1.69 bits per heavy atom. The molecular formula is C10H14Cl2O. The lowest BCUT2D eigenvalue weighted by Crippen LogP contribution is -1.93. The number of halogens is 2. The summed E-state index contributed by atoms with van der Waals surface area (Å²) in [6.07, 6.45) is 0.491. The Balaban J connectivity index is 0.000000424. The molecule has 0 aromatic heterocycles. The van der Waals surface area contributed by atoms with Crippen molar-refractivity contribution in [2.24, 2.45) is 0 Å². The average molecular weight is 221 g/mol. The van der Waals surface area contributed by atoms with Crippen LogP contribution in [0.3, 0.4) is 0 Å². The Morgan fingerprint density at radius 3 is 2.08 bits per heavy atom. The van der Waals surface area contributed by atoms with Gasteiger partial charge in [-0.15, -0.1) is 23.2 Å². The van der Waals surface area contributed by atoms with E-state index < -0.39 is 0 Å². The van der Waals surface area contributed by atoms with Gasteiger partial charge in [0.15, 0.2) is 0 Å².